The van der Waals surface area contributed by atoms with Crippen LogP contribution in [0.2, 0.25) is 0 Å². The van der Waals surface area contributed by atoms with Crippen LogP contribution in [0.4, 0.5) is 8.78 Å². The molecule has 3 nitrogen and oxygen atoms in total. The van der Waals surface area contributed by atoms with Crippen molar-refractivity contribution < 1.29 is 8.78 Å². The molecule has 0 aromatic carbocycles. The first kappa shape index (κ1) is 17.3. The molecule has 1 rings (SSSR count). The van der Waals surface area contributed by atoms with Crippen molar-refractivity contribution in [2.24, 2.45) is 16.5 Å². The number of halogens is 2. The molecule has 0 heterocycles. The lowest BCUT2D eigenvalue weighted by Gasteiger charge is -2.21. The highest BCUT2D eigenvalue weighted by Crippen LogP contribution is 2.34. The summed E-state index contributed by atoms with van der Waals surface area (Å²) in [5.74, 6) is -2.81. The van der Waals surface area contributed by atoms with E-state index in [9.17, 15) is 8.78 Å². The van der Waals surface area contributed by atoms with Gasteiger partial charge in [0.15, 0.2) is 0 Å². The Morgan fingerprint density at radius 1 is 1.43 bits per heavy atom. The lowest BCUT2D eigenvalue weighted by atomic mass is 9.95. The van der Waals surface area contributed by atoms with Gasteiger partial charge < -0.3 is 11.5 Å². The Labute approximate surface area is 124 Å². The highest BCUT2D eigenvalue weighted by molar-refractivity contribution is 5.96. The van der Waals surface area contributed by atoms with E-state index in [0.717, 1.165) is 11.4 Å². The summed E-state index contributed by atoms with van der Waals surface area (Å²) in [7, 11) is 0. The van der Waals surface area contributed by atoms with Gasteiger partial charge in [-0.3, -0.25) is 4.99 Å². The van der Waals surface area contributed by atoms with Crippen LogP contribution in [0.3, 0.4) is 0 Å². The second-order valence-electron chi connectivity index (χ2n) is 4.93. The van der Waals surface area contributed by atoms with Gasteiger partial charge in [0.1, 0.15) is 0 Å². The number of hydrogen-bond donors (Lipinski definition) is 2. The molecule has 0 amide bonds. The fourth-order valence-electron chi connectivity index (χ4n) is 2.01. The standard InChI is InChI=1S/C16H23F2N3/c1-3-9-16(17,18)12-5-7-15(8-6-12)21-14(4-2)10-13(20)11-19/h3,5,7,10H,1,4,6,8-9,11,19-20H2,2H3. The molecule has 0 aromatic heterocycles. The maximum atomic E-state index is 13.7. The van der Waals surface area contributed by atoms with Crippen LogP contribution in [0.15, 0.2) is 52.8 Å². The zero-order chi connectivity index (χ0) is 15.9. The quantitative estimate of drug-likeness (QED) is 0.558. The van der Waals surface area contributed by atoms with Gasteiger partial charge in [0, 0.05) is 30.1 Å². The topological polar surface area (TPSA) is 64.4 Å². The monoisotopic (exact) mass is 295 g/mol. The van der Waals surface area contributed by atoms with Crippen LogP contribution in [0.1, 0.15) is 32.6 Å². The molecule has 0 bridgehead atoms. The summed E-state index contributed by atoms with van der Waals surface area (Å²) in [5.41, 5.74) is 13.4. The largest absolute Gasteiger partial charge is 0.401 e. The second kappa shape index (κ2) is 7.88. The first-order valence-corrected chi connectivity index (χ1v) is 7.05. The van der Waals surface area contributed by atoms with Crippen molar-refractivity contribution in [1.82, 2.24) is 0 Å². The van der Waals surface area contributed by atoms with Crippen molar-refractivity contribution >= 4 is 5.71 Å². The van der Waals surface area contributed by atoms with Crippen LogP contribution in [0.5, 0.6) is 0 Å². The third-order valence-corrected chi connectivity index (χ3v) is 3.24. The van der Waals surface area contributed by atoms with Gasteiger partial charge in [0.05, 0.1) is 0 Å². The maximum Gasteiger partial charge on any atom is 0.273 e. The number of nitrogens with two attached hydrogens (primary N) is 2. The summed E-state index contributed by atoms with van der Waals surface area (Å²) in [6, 6.07) is 0. The van der Waals surface area contributed by atoms with Crippen molar-refractivity contribution in [3.05, 3.63) is 47.9 Å². The van der Waals surface area contributed by atoms with Gasteiger partial charge in [-0.25, -0.2) is 8.78 Å². The minimum absolute atomic E-state index is 0.136. The summed E-state index contributed by atoms with van der Waals surface area (Å²) in [4.78, 5) is 4.46. The molecular formula is C16H23F2N3. The van der Waals surface area contributed by atoms with E-state index < -0.39 is 5.92 Å². The zero-order valence-electron chi connectivity index (χ0n) is 12.4. The molecule has 21 heavy (non-hydrogen) atoms. The lowest BCUT2D eigenvalue weighted by Crippen LogP contribution is -2.19. The lowest BCUT2D eigenvalue weighted by molar-refractivity contribution is 0.0413. The first-order valence-electron chi connectivity index (χ1n) is 7.05. The molecule has 0 saturated carbocycles. The van der Waals surface area contributed by atoms with Gasteiger partial charge in [-0.1, -0.05) is 19.1 Å². The number of nitrogens with zero attached hydrogens (tertiary/aromatic N) is 1. The molecule has 0 aliphatic heterocycles. The van der Waals surface area contributed by atoms with Gasteiger partial charge >= 0.3 is 0 Å². The van der Waals surface area contributed by atoms with E-state index in [-0.39, 0.29) is 18.5 Å². The number of hydrogen-bond acceptors (Lipinski definition) is 3. The SMILES string of the molecule is C=CCC(F)(F)C1=CC=C(N=C(C=C(N)CN)CC)CC1. The average molecular weight is 295 g/mol. The fraction of sp³-hybridized carbons (Fsp3) is 0.438. The average Bonchev–Trinajstić information content (AvgIpc) is 2.46. The molecule has 0 atom stereocenters. The fourth-order valence-corrected chi connectivity index (χ4v) is 2.01. The number of rotatable bonds is 7. The molecule has 0 saturated heterocycles. The zero-order valence-corrected chi connectivity index (χ0v) is 12.4. The van der Waals surface area contributed by atoms with Crippen molar-refractivity contribution in [1.29, 1.82) is 0 Å². The van der Waals surface area contributed by atoms with Crippen molar-refractivity contribution in [3.8, 4) is 0 Å². The summed E-state index contributed by atoms with van der Waals surface area (Å²) in [6.07, 6.45) is 7.29. The first-order chi connectivity index (χ1) is 9.92. The minimum Gasteiger partial charge on any atom is -0.401 e. The van der Waals surface area contributed by atoms with E-state index in [1.165, 1.54) is 12.2 Å². The number of allylic oxidation sites excluding steroid dienone is 6. The predicted octanol–water partition coefficient (Wildman–Crippen LogP) is 3.45. The van der Waals surface area contributed by atoms with Gasteiger partial charge in [-0.05, 0) is 37.0 Å². The van der Waals surface area contributed by atoms with Crippen molar-refractivity contribution in [3.63, 3.8) is 0 Å². The molecular weight excluding hydrogens is 272 g/mol. The van der Waals surface area contributed by atoms with Gasteiger partial charge in [-0.15, -0.1) is 6.58 Å². The third kappa shape index (κ3) is 5.27. The number of aliphatic imine (C=N–C) groups is 1. The molecule has 5 heteroatoms. The Morgan fingerprint density at radius 2 is 2.14 bits per heavy atom. The Kier molecular flexibility index (Phi) is 6.49. The summed E-state index contributed by atoms with van der Waals surface area (Å²) in [5, 5.41) is 0. The van der Waals surface area contributed by atoms with E-state index >= 15 is 0 Å². The molecule has 0 unspecified atom stereocenters. The van der Waals surface area contributed by atoms with Crippen LogP contribution in [0.25, 0.3) is 0 Å². The van der Waals surface area contributed by atoms with Crippen LogP contribution >= 0.6 is 0 Å². The van der Waals surface area contributed by atoms with Gasteiger partial charge in [-0.2, -0.15) is 0 Å². The molecule has 1 aliphatic carbocycles. The van der Waals surface area contributed by atoms with Crippen molar-refractivity contribution in [2.75, 3.05) is 6.54 Å². The summed E-state index contributed by atoms with van der Waals surface area (Å²) >= 11 is 0. The summed E-state index contributed by atoms with van der Waals surface area (Å²) < 4.78 is 27.5. The molecule has 116 valence electrons. The van der Waals surface area contributed by atoms with Crippen LogP contribution in [-0.2, 0) is 0 Å². The molecule has 0 aromatic rings. The van der Waals surface area contributed by atoms with Crippen LogP contribution in [-0.4, -0.2) is 18.2 Å². The van der Waals surface area contributed by atoms with Gasteiger partial charge in [0.2, 0.25) is 0 Å². The van der Waals surface area contributed by atoms with E-state index in [2.05, 4.69) is 11.6 Å². The Hall–Kier alpha value is -1.75. The normalized spacial score (nSPS) is 17.3. The van der Waals surface area contributed by atoms with Gasteiger partial charge in [0.25, 0.3) is 5.92 Å². The molecule has 1 aliphatic rings. The van der Waals surface area contributed by atoms with E-state index in [1.54, 1.807) is 12.2 Å². The second-order valence-corrected chi connectivity index (χ2v) is 4.93. The Balaban J connectivity index is 2.91. The maximum absolute atomic E-state index is 13.7. The highest BCUT2D eigenvalue weighted by atomic mass is 19.3. The predicted molar refractivity (Wildman–Crippen MR) is 84.2 cm³/mol. The van der Waals surface area contributed by atoms with Crippen LogP contribution in [0, 0.1) is 0 Å². The van der Waals surface area contributed by atoms with E-state index in [4.69, 9.17) is 11.5 Å². The highest BCUT2D eigenvalue weighted by Gasteiger charge is 2.32. The molecule has 0 radical (unpaired) electrons. The third-order valence-electron chi connectivity index (χ3n) is 3.24. The van der Waals surface area contributed by atoms with Crippen LogP contribution < -0.4 is 11.5 Å². The molecule has 0 fully saturated rings. The number of alkyl halides is 2. The summed E-state index contributed by atoms with van der Waals surface area (Å²) in [6.45, 7) is 5.60. The molecule has 0 spiro atoms. The van der Waals surface area contributed by atoms with Crippen molar-refractivity contribution in [2.45, 2.75) is 38.5 Å². The Bertz CT molecular complexity index is 500. The van der Waals surface area contributed by atoms with E-state index in [1.807, 2.05) is 6.92 Å². The molecule has 4 N–H and O–H groups in total. The van der Waals surface area contributed by atoms with E-state index in [0.29, 0.717) is 25.0 Å². The Morgan fingerprint density at radius 3 is 2.62 bits per heavy atom. The smallest absolute Gasteiger partial charge is 0.273 e. The minimum atomic E-state index is -2.81.